The lowest BCUT2D eigenvalue weighted by Crippen LogP contribution is -2.29. The summed E-state index contributed by atoms with van der Waals surface area (Å²) in [5.41, 5.74) is 2.33. The molecule has 1 aliphatic rings. The van der Waals surface area contributed by atoms with Crippen LogP contribution < -0.4 is 10.1 Å². The number of benzene rings is 2. The van der Waals surface area contributed by atoms with E-state index in [2.05, 4.69) is 41.7 Å². The predicted octanol–water partition coefficient (Wildman–Crippen LogP) is 4.79. The first-order valence-corrected chi connectivity index (χ1v) is 8.81. The first-order chi connectivity index (χ1) is 11.8. The fourth-order valence-corrected chi connectivity index (χ4v) is 3.30. The second-order valence-electron chi connectivity index (χ2n) is 6.41. The lowest BCUT2D eigenvalue weighted by molar-refractivity contribution is 0.324. The molecule has 1 fully saturated rings. The average molecular weight is 322 g/mol. The molecule has 1 N–H and O–H groups in total. The van der Waals surface area contributed by atoms with Crippen molar-refractivity contribution >= 4 is 11.9 Å². The Bertz CT molecular complexity index is 637. The summed E-state index contributed by atoms with van der Waals surface area (Å²) in [5.74, 6) is 1.49. The second kappa shape index (κ2) is 8.53. The van der Waals surface area contributed by atoms with E-state index in [1.165, 1.54) is 31.4 Å². The van der Waals surface area contributed by atoms with Crippen LogP contribution in [0.15, 0.2) is 59.6 Å². The van der Waals surface area contributed by atoms with Crippen LogP contribution in [0.25, 0.3) is 0 Å². The van der Waals surface area contributed by atoms with Gasteiger partial charge in [-0.15, -0.1) is 0 Å². The van der Waals surface area contributed by atoms with Gasteiger partial charge in [-0.3, -0.25) is 4.99 Å². The predicted molar refractivity (Wildman–Crippen MR) is 101 cm³/mol. The summed E-state index contributed by atoms with van der Waals surface area (Å²) in [5, 5.41) is 3.57. The largest absolute Gasteiger partial charge is 0.497 e. The molecule has 3 heteroatoms. The third-order valence-corrected chi connectivity index (χ3v) is 4.74. The number of anilines is 1. The van der Waals surface area contributed by atoms with Crippen LogP contribution >= 0.6 is 0 Å². The number of nitrogens with one attached hydrogen (secondary N) is 1. The van der Waals surface area contributed by atoms with E-state index in [-0.39, 0.29) is 0 Å². The summed E-state index contributed by atoms with van der Waals surface area (Å²) in [4.78, 5) is 4.90. The molecule has 0 bridgehead atoms. The highest BCUT2D eigenvalue weighted by Gasteiger charge is 2.23. The number of para-hydroxylation sites is 1. The Balaban J connectivity index is 1.60. The van der Waals surface area contributed by atoms with Crippen LogP contribution in [0.2, 0.25) is 0 Å². The standard InChI is InChI=1S/C21H26N2O/c1-24-20-13-11-17(12-14-20)15-23-21-10-6-5-7-18(21)16-22-19-8-3-2-4-9-19/h2-4,8-9,11-15,18,21-22H,5-7,10,16H2,1H3/t18-,21+/m0/s1. The molecule has 0 heterocycles. The Morgan fingerprint density at radius 2 is 1.79 bits per heavy atom. The van der Waals surface area contributed by atoms with Crippen molar-refractivity contribution in [1.29, 1.82) is 0 Å². The molecule has 1 aliphatic carbocycles. The third kappa shape index (κ3) is 4.60. The van der Waals surface area contributed by atoms with Crippen molar-refractivity contribution in [2.75, 3.05) is 19.0 Å². The summed E-state index contributed by atoms with van der Waals surface area (Å²) in [6, 6.07) is 18.9. The maximum atomic E-state index is 5.20. The molecule has 2 atom stereocenters. The van der Waals surface area contributed by atoms with Crippen LogP contribution in [0.5, 0.6) is 5.75 Å². The molecule has 0 unspecified atom stereocenters. The van der Waals surface area contributed by atoms with Gasteiger partial charge in [0.25, 0.3) is 0 Å². The molecule has 2 aromatic rings. The first-order valence-electron chi connectivity index (χ1n) is 8.81. The zero-order chi connectivity index (χ0) is 16.6. The Morgan fingerprint density at radius 3 is 2.54 bits per heavy atom. The topological polar surface area (TPSA) is 33.6 Å². The Hall–Kier alpha value is -2.29. The minimum atomic E-state index is 0.414. The molecule has 0 radical (unpaired) electrons. The molecule has 0 spiro atoms. The fraction of sp³-hybridized carbons (Fsp3) is 0.381. The Kier molecular flexibility index (Phi) is 5.89. The van der Waals surface area contributed by atoms with E-state index in [0.29, 0.717) is 12.0 Å². The number of rotatable bonds is 6. The van der Waals surface area contributed by atoms with Gasteiger partial charge in [0.05, 0.1) is 13.2 Å². The third-order valence-electron chi connectivity index (χ3n) is 4.74. The number of methoxy groups -OCH3 is 1. The molecule has 24 heavy (non-hydrogen) atoms. The molecule has 0 saturated heterocycles. The van der Waals surface area contributed by atoms with Crippen LogP contribution in [0.1, 0.15) is 31.2 Å². The van der Waals surface area contributed by atoms with Gasteiger partial charge in [-0.2, -0.15) is 0 Å². The number of hydrogen-bond donors (Lipinski definition) is 1. The molecule has 2 aromatic carbocycles. The van der Waals surface area contributed by atoms with Crippen LogP contribution in [-0.4, -0.2) is 25.9 Å². The SMILES string of the molecule is COc1ccc(C=N[C@@H]2CCCC[C@H]2CNc2ccccc2)cc1. The lowest BCUT2D eigenvalue weighted by Gasteiger charge is -2.29. The van der Waals surface area contributed by atoms with Gasteiger partial charge in [-0.1, -0.05) is 31.0 Å². The normalized spacial score (nSPS) is 20.9. The lowest BCUT2D eigenvalue weighted by atomic mass is 9.84. The monoisotopic (exact) mass is 322 g/mol. The molecule has 0 aliphatic heterocycles. The van der Waals surface area contributed by atoms with E-state index in [1.807, 2.05) is 24.4 Å². The van der Waals surface area contributed by atoms with Gasteiger partial charge in [0, 0.05) is 18.4 Å². The summed E-state index contributed by atoms with van der Waals surface area (Å²) < 4.78 is 5.20. The van der Waals surface area contributed by atoms with Gasteiger partial charge < -0.3 is 10.1 Å². The molecular weight excluding hydrogens is 296 g/mol. The Labute approximate surface area is 144 Å². The fourth-order valence-electron chi connectivity index (χ4n) is 3.30. The van der Waals surface area contributed by atoms with Crippen molar-refractivity contribution in [2.45, 2.75) is 31.7 Å². The zero-order valence-electron chi connectivity index (χ0n) is 14.3. The van der Waals surface area contributed by atoms with Crippen LogP contribution in [0.3, 0.4) is 0 Å². The van der Waals surface area contributed by atoms with Crippen LogP contribution in [0.4, 0.5) is 5.69 Å². The van der Waals surface area contributed by atoms with Crippen molar-refractivity contribution < 1.29 is 4.74 Å². The molecule has 0 amide bonds. The number of nitrogens with zero attached hydrogens (tertiary/aromatic N) is 1. The van der Waals surface area contributed by atoms with Crippen molar-refractivity contribution in [2.24, 2.45) is 10.9 Å². The van der Waals surface area contributed by atoms with Gasteiger partial charge in [-0.25, -0.2) is 0 Å². The van der Waals surface area contributed by atoms with E-state index in [9.17, 15) is 0 Å². The number of aliphatic imine (C=N–C) groups is 1. The molecule has 3 nitrogen and oxygen atoms in total. The minimum Gasteiger partial charge on any atom is -0.497 e. The van der Waals surface area contributed by atoms with E-state index < -0.39 is 0 Å². The van der Waals surface area contributed by atoms with Gasteiger partial charge >= 0.3 is 0 Å². The second-order valence-corrected chi connectivity index (χ2v) is 6.41. The van der Waals surface area contributed by atoms with Crippen molar-refractivity contribution in [3.8, 4) is 5.75 Å². The van der Waals surface area contributed by atoms with Gasteiger partial charge in [0.2, 0.25) is 0 Å². The van der Waals surface area contributed by atoms with Crippen LogP contribution in [-0.2, 0) is 0 Å². The van der Waals surface area contributed by atoms with Gasteiger partial charge in [-0.05, 0) is 60.7 Å². The van der Waals surface area contributed by atoms with Crippen LogP contribution in [0, 0.1) is 5.92 Å². The van der Waals surface area contributed by atoms with E-state index in [1.54, 1.807) is 7.11 Å². The van der Waals surface area contributed by atoms with E-state index in [0.717, 1.165) is 17.9 Å². The van der Waals surface area contributed by atoms with E-state index >= 15 is 0 Å². The van der Waals surface area contributed by atoms with Crippen molar-refractivity contribution in [3.05, 3.63) is 60.2 Å². The smallest absolute Gasteiger partial charge is 0.118 e. The van der Waals surface area contributed by atoms with Gasteiger partial charge in [0.1, 0.15) is 5.75 Å². The summed E-state index contributed by atoms with van der Waals surface area (Å²) >= 11 is 0. The minimum absolute atomic E-state index is 0.414. The highest BCUT2D eigenvalue weighted by atomic mass is 16.5. The first kappa shape index (κ1) is 16.6. The molecular formula is C21H26N2O. The maximum absolute atomic E-state index is 5.20. The highest BCUT2D eigenvalue weighted by molar-refractivity contribution is 5.79. The molecule has 126 valence electrons. The number of hydrogen-bond acceptors (Lipinski definition) is 3. The van der Waals surface area contributed by atoms with Crippen molar-refractivity contribution in [3.63, 3.8) is 0 Å². The zero-order valence-corrected chi connectivity index (χ0v) is 14.3. The van der Waals surface area contributed by atoms with Gasteiger partial charge in [0.15, 0.2) is 0 Å². The molecule has 0 aromatic heterocycles. The summed E-state index contributed by atoms with van der Waals surface area (Å²) in [7, 11) is 1.69. The Morgan fingerprint density at radius 1 is 1.04 bits per heavy atom. The highest BCUT2D eigenvalue weighted by Crippen LogP contribution is 2.27. The average Bonchev–Trinajstić information content (AvgIpc) is 2.66. The maximum Gasteiger partial charge on any atom is 0.118 e. The summed E-state index contributed by atoms with van der Waals surface area (Å²) in [6.07, 6.45) is 7.06. The molecule has 1 saturated carbocycles. The van der Waals surface area contributed by atoms with Crippen molar-refractivity contribution in [1.82, 2.24) is 0 Å². The number of ether oxygens (including phenoxy) is 1. The molecule has 3 rings (SSSR count). The van der Waals surface area contributed by atoms with E-state index in [4.69, 9.17) is 9.73 Å². The quantitative estimate of drug-likeness (QED) is 0.776. The summed E-state index contributed by atoms with van der Waals surface area (Å²) in [6.45, 7) is 0.995.